The van der Waals surface area contributed by atoms with E-state index < -0.39 is 11.7 Å². The quantitative estimate of drug-likeness (QED) is 0.509. The SMILES string of the molecule is CC.CCCc1cc(C)c(-c2ccc(Cl)cc2Cl)cc1C(F)(F)F. The van der Waals surface area contributed by atoms with Gasteiger partial charge in [0.2, 0.25) is 0 Å². The largest absolute Gasteiger partial charge is 0.416 e. The third kappa shape index (κ3) is 4.90. The van der Waals surface area contributed by atoms with Crippen LogP contribution in [0.4, 0.5) is 13.2 Å². The average Bonchev–Trinajstić information content (AvgIpc) is 2.49. The highest BCUT2D eigenvalue weighted by molar-refractivity contribution is 6.36. The zero-order valence-corrected chi connectivity index (χ0v) is 15.7. The van der Waals surface area contributed by atoms with Crippen LogP contribution < -0.4 is 0 Å². The molecule has 0 aliphatic heterocycles. The molecular formula is C19H21Cl2F3. The van der Waals surface area contributed by atoms with E-state index in [-0.39, 0.29) is 0 Å². The van der Waals surface area contributed by atoms with Crippen molar-refractivity contribution in [2.24, 2.45) is 0 Å². The molecule has 0 spiro atoms. The number of halogens is 5. The Morgan fingerprint density at radius 2 is 1.58 bits per heavy atom. The molecule has 2 aromatic rings. The topological polar surface area (TPSA) is 0 Å². The first-order valence-electron chi connectivity index (χ1n) is 7.90. The van der Waals surface area contributed by atoms with Gasteiger partial charge in [-0.15, -0.1) is 0 Å². The van der Waals surface area contributed by atoms with Crippen LogP contribution in [0, 0.1) is 6.92 Å². The molecule has 0 aliphatic rings. The molecule has 132 valence electrons. The van der Waals surface area contributed by atoms with Gasteiger partial charge in [0.15, 0.2) is 0 Å². The van der Waals surface area contributed by atoms with Crippen molar-refractivity contribution in [3.8, 4) is 11.1 Å². The molecule has 0 nitrogen and oxygen atoms in total. The normalized spacial score (nSPS) is 11.0. The van der Waals surface area contributed by atoms with E-state index in [1.165, 1.54) is 12.1 Å². The highest BCUT2D eigenvalue weighted by atomic mass is 35.5. The summed E-state index contributed by atoms with van der Waals surface area (Å²) in [5, 5.41) is 0.789. The first-order valence-corrected chi connectivity index (χ1v) is 8.65. The molecule has 0 bridgehead atoms. The van der Waals surface area contributed by atoms with Crippen molar-refractivity contribution in [3.63, 3.8) is 0 Å². The molecule has 2 aromatic carbocycles. The second-order valence-electron chi connectivity index (χ2n) is 5.20. The third-order valence-electron chi connectivity index (χ3n) is 3.50. The van der Waals surface area contributed by atoms with Crippen molar-refractivity contribution in [2.75, 3.05) is 0 Å². The molecule has 0 heterocycles. The molecule has 0 atom stereocenters. The Bertz CT molecular complexity index is 692. The van der Waals surface area contributed by atoms with Crippen LogP contribution in [0.25, 0.3) is 11.1 Å². The molecule has 0 unspecified atom stereocenters. The van der Waals surface area contributed by atoms with Gasteiger partial charge in [-0.25, -0.2) is 0 Å². The molecule has 0 aromatic heterocycles. The highest BCUT2D eigenvalue weighted by Crippen LogP contribution is 2.39. The first kappa shape index (κ1) is 20.9. The van der Waals surface area contributed by atoms with Crippen LogP contribution in [0.1, 0.15) is 43.9 Å². The van der Waals surface area contributed by atoms with Gasteiger partial charge in [0.25, 0.3) is 0 Å². The van der Waals surface area contributed by atoms with Crippen molar-refractivity contribution >= 4 is 23.2 Å². The van der Waals surface area contributed by atoms with Crippen LogP contribution in [-0.2, 0) is 12.6 Å². The van der Waals surface area contributed by atoms with Crippen molar-refractivity contribution in [2.45, 2.75) is 46.7 Å². The number of hydrogen-bond acceptors (Lipinski definition) is 0. The molecule has 0 saturated carbocycles. The number of rotatable bonds is 3. The minimum absolute atomic E-state index is 0.321. The maximum Gasteiger partial charge on any atom is 0.416 e. The van der Waals surface area contributed by atoms with Crippen LogP contribution in [0.2, 0.25) is 10.0 Å². The summed E-state index contributed by atoms with van der Waals surface area (Å²) >= 11 is 12.0. The van der Waals surface area contributed by atoms with Gasteiger partial charge in [-0.1, -0.05) is 62.5 Å². The zero-order chi connectivity index (χ0) is 18.5. The Labute approximate surface area is 151 Å². The van der Waals surface area contributed by atoms with Crippen LogP contribution in [0.3, 0.4) is 0 Å². The number of hydrogen-bond donors (Lipinski definition) is 0. The van der Waals surface area contributed by atoms with Gasteiger partial charge in [-0.2, -0.15) is 13.2 Å². The van der Waals surface area contributed by atoms with Crippen LogP contribution in [-0.4, -0.2) is 0 Å². The van der Waals surface area contributed by atoms with Gasteiger partial charge in [-0.3, -0.25) is 0 Å². The van der Waals surface area contributed by atoms with Gasteiger partial charge in [-0.05, 0) is 48.2 Å². The van der Waals surface area contributed by atoms with Gasteiger partial charge in [0, 0.05) is 15.6 Å². The summed E-state index contributed by atoms with van der Waals surface area (Å²) < 4.78 is 39.9. The maximum atomic E-state index is 13.3. The molecular weight excluding hydrogens is 356 g/mol. The van der Waals surface area contributed by atoms with Crippen LogP contribution >= 0.6 is 23.2 Å². The fourth-order valence-electron chi connectivity index (χ4n) is 2.51. The Morgan fingerprint density at radius 3 is 2.08 bits per heavy atom. The molecule has 2 rings (SSSR count). The first-order chi connectivity index (χ1) is 11.2. The minimum atomic E-state index is -4.38. The summed E-state index contributed by atoms with van der Waals surface area (Å²) in [5.74, 6) is 0. The van der Waals surface area contributed by atoms with E-state index >= 15 is 0 Å². The summed E-state index contributed by atoms with van der Waals surface area (Å²) in [7, 11) is 0. The molecule has 5 heteroatoms. The van der Waals surface area contributed by atoms with E-state index in [4.69, 9.17) is 23.2 Å². The standard InChI is InChI=1S/C17H15Cl2F3.C2H6/c1-3-4-11-7-10(2)14(9-15(11)17(20,21)22)13-6-5-12(18)8-16(13)19;1-2/h5-9H,3-4H2,1-2H3;1-2H3. The zero-order valence-electron chi connectivity index (χ0n) is 14.2. The second-order valence-corrected chi connectivity index (χ2v) is 6.04. The summed E-state index contributed by atoms with van der Waals surface area (Å²) in [4.78, 5) is 0. The van der Waals surface area contributed by atoms with Crippen molar-refractivity contribution in [1.82, 2.24) is 0 Å². The summed E-state index contributed by atoms with van der Waals surface area (Å²) in [6.07, 6.45) is -3.33. The Kier molecular flexibility index (Phi) is 7.62. The Balaban J connectivity index is 0.00000139. The lowest BCUT2D eigenvalue weighted by molar-refractivity contribution is -0.138. The van der Waals surface area contributed by atoms with E-state index in [0.717, 1.165) is 5.56 Å². The summed E-state index contributed by atoms with van der Waals surface area (Å²) in [6, 6.07) is 7.59. The van der Waals surface area contributed by atoms with E-state index in [1.54, 1.807) is 25.1 Å². The number of benzene rings is 2. The van der Waals surface area contributed by atoms with Gasteiger partial charge < -0.3 is 0 Å². The van der Waals surface area contributed by atoms with Crippen molar-refractivity contribution in [3.05, 3.63) is 57.1 Å². The smallest absolute Gasteiger partial charge is 0.166 e. The van der Waals surface area contributed by atoms with Crippen molar-refractivity contribution in [1.29, 1.82) is 0 Å². The molecule has 0 N–H and O–H groups in total. The lowest BCUT2D eigenvalue weighted by atomic mass is 9.92. The predicted molar refractivity (Wildman–Crippen MR) is 97.0 cm³/mol. The van der Waals surface area contributed by atoms with Crippen LogP contribution in [0.5, 0.6) is 0 Å². The predicted octanol–water partition coefficient (Wildman–Crippen LogP) is 7.97. The number of aryl methyl sites for hydroxylation is 2. The van der Waals surface area contributed by atoms with E-state index in [0.29, 0.717) is 39.6 Å². The molecule has 0 saturated heterocycles. The van der Waals surface area contributed by atoms with Crippen LogP contribution in [0.15, 0.2) is 30.3 Å². The lowest BCUT2D eigenvalue weighted by Crippen LogP contribution is -2.10. The molecule has 0 fully saturated rings. The molecule has 24 heavy (non-hydrogen) atoms. The van der Waals surface area contributed by atoms with E-state index in [9.17, 15) is 13.2 Å². The maximum absolute atomic E-state index is 13.3. The molecule has 0 amide bonds. The van der Waals surface area contributed by atoms with Gasteiger partial charge >= 0.3 is 6.18 Å². The summed E-state index contributed by atoms with van der Waals surface area (Å²) in [6.45, 7) is 7.65. The van der Waals surface area contributed by atoms with Gasteiger partial charge in [0.1, 0.15) is 0 Å². The fraction of sp³-hybridized carbons (Fsp3) is 0.368. The minimum Gasteiger partial charge on any atom is -0.166 e. The lowest BCUT2D eigenvalue weighted by Gasteiger charge is -2.17. The number of alkyl halides is 3. The molecule has 0 radical (unpaired) electrons. The van der Waals surface area contributed by atoms with E-state index in [2.05, 4.69) is 0 Å². The Hall–Kier alpha value is -1.19. The monoisotopic (exact) mass is 376 g/mol. The molecule has 0 aliphatic carbocycles. The van der Waals surface area contributed by atoms with Gasteiger partial charge in [0.05, 0.1) is 5.56 Å². The Morgan fingerprint density at radius 1 is 0.958 bits per heavy atom. The average molecular weight is 377 g/mol. The van der Waals surface area contributed by atoms with Crippen molar-refractivity contribution < 1.29 is 13.2 Å². The highest BCUT2D eigenvalue weighted by Gasteiger charge is 2.34. The second kappa shape index (κ2) is 8.77. The third-order valence-corrected chi connectivity index (χ3v) is 4.04. The van der Waals surface area contributed by atoms with E-state index in [1.807, 2.05) is 20.8 Å². The summed E-state index contributed by atoms with van der Waals surface area (Å²) in [5.41, 5.74) is 1.52. The fourth-order valence-corrected chi connectivity index (χ4v) is 3.02.